The lowest BCUT2D eigenvalue weighted by molar-refractivity contribution is -0.521. The predicted octanol–water partition coefficient (Wildman–Crippen LogP) is 1.16. The molecule has 0 spiro atoms. The van der Waals surface area contributed by atoms with E-state index in [1.165, 1.54) is 6.92 Å². The molecule has 7 heteroatoms. The van der Waals surface area contributed by atoms with Gasteiger partial charge in [0.1, 0.15) is 5.54 Å². The van der Waals surface area contributed by atoms with E-state index in [0.717, 1.165) is 18.0 Å². The third-order valence-corrected chi connectivity index (χ3v) is 3.37. The second kappa shape index (κ2) is 4.93. The molecule has 3 N–H and O–H groups in total. The Labute approximate surface area is 114 Å². The molecule has 1 aromatic carbocycles. The first-order valence-electron chi connectivity index (χ1n) is 5.96. The number of aromatic nitrogens is 1. The Morgan fingerprint density at radius 1 is 1.50 bits per heavy atom. The third kappa shape index (κ3) is 2.12. The van der Waals surface area contributed by atoms with E-state index in [1.807, 2.05) is 12.1 Å². The van der Waals surface area contributed by atoms with Gasteiger partial charge in [0.15, 0.2) is 0 Å². The monoisotopic (exact) mass is 277 g/mol. The van der Waals surface area contributed by atoms with Crippen LogP contribution in [0.3, 0.4) is 0 Å². The maximum Gasteiger partial charge on any atom is 0.383 e. The van der Waals surface area contributed by atoms with E-state index in [2.05, 4.69) is 9.72 Å². The maximum absolute atomic E-state index is 11.7. The first kappa shape index (κ1) is 14.0. The first-order valence-corrected chi connectivity index (χ1v) is 5.96. The van der Waals surface area contributed by atoms with Crippen molar-refractivity contribution in [2.45, 2.75) is 18.5 Å². The van der Waals surface area contributed by atoms with E-state index in [-0.39, 0.29) is 0 Å². The number of aromatic amines is 1. The zero-order valence-corrected chi connectivity index (χ0v) is 11.1. The molecule has 20 heavy (non-hydrogen) atoms. The van der Waals surface area contributed by atoms with Gasteiger partial charge < -0.3 is 15.5 Å². The highest BCUT2D eigenvalue weighted by atomic mass is 16.6. The van der Waals surface area contributed by atoms with Crippen LogP contribution in [0.25, 0.3) is 10.9 Å². The van der Waals surface area contributed by atoms with Crippen molar-refractivity contribution in [3.8, 4) is 0 Å². The van der Waals surface area contributed by atoms with Gasteiger partial charge in [-0.2, -0.15) is 0 Å². The molecule has 0 aliphatic carbocycles. The average Bonchev–Trinajstić information content (AvgIpc) is 2.82. The van der Waals surface area contributed by atoms with Crippen LogP contribution in [0.1, 0.15) is 12.5 Å². The molecule has 1 heterocycles. The number of rotatable bonds is 4. The van der Waals surface area contributed by atoms with Crippen molar-refractivity contribution in [1.82, 2.24) is 4.98 Å². The largest absolute Gasteiger partial charge is 0.464 e. The van der Waals surface area contributed by atoms with Gasteiger partial charge in [-0.05, 0) is 13.0 Å². The minimum atomic E-state index is -1.67. The average molecular weight is 277 g/mol. The van der Waals surface area contributed by atoms with Crippen molar-refractivity contribution in [3.63, 3.8) is 0 Å². The molecule has 7 nitrogen and oxygen atoms in total. The molecule has 0 aliphatic rings. The standard InChI is InChI=1S/C13H15N3O4/c1-13(14,11(16(18)19)12(17)20-2)9-7-15-10-6-4-3-5-8(9)10/h3-7,11,15H,14H2,1-2H3. The van der Waals surface area contributed by atoms with Gasteiger partial charge in [0.2, 0.25) is 0 Å². The van der Waals surface area contributed by atoms with Gasteiger partial charge in [-0.3, -0.25) is 10.1 Å². The number of nitrogens with two attached hydrogens (primary N) is 1. The van der Waals surface area contributed by atoms with Gasteiger partial charge in [-0.15, -0.1) is 0 Å². The molecule has 0 fully saturated rings. The summed E-state index contributed by atoms with van der Waals surface area (Å²) in [6, 6.07) is 5.58. The van der Waals surface area contributed by atoms with Crippen LogP contribution in [0.4, 0.5) is 0 Å². The van der Waals surface area contributed by atoms with Crippen molar-refractivity contribution in [2.75, 3.05) is 7.11 Å². The van der Waals surface area contributed by atoms with Gasteiger partial charge in [-0.25, -0.2) is 4.79 Å². The first-order chi connectivity index (χ1) is 9.39. The van der Waals surface area contributed by atoms with Gasteiger partial charge in [0.05, 0.1) is 7.11 Å². The van der Waals surface area contributed by atoms with Crippen LogP contribution in [0.5, 0.6) is 0 Å². The summed E-state index contributed by atoms with van der Waals surface area (Å²) in [6.45, 7) is 1.45. The summed E-state index contributed by atoms with van der Waals surface area (Å²) in [4.78, 5) is 25.1. The van der Waals surface area contributed by atoms with Crippen molar-refractivity contribution in [2.24, 2.45) is 5.73 Å². The molecule has 0 saturated heterocycles. The third-order valence-electron chi connectivity index (χ3n) is 3.37. The summed E-state index contributed by atoms with van der Waals surface area (Å²) >= 11 is 0. The van der Waals surface area contributed by atoms with Crippen molar-refractivity contribution < 1.29 is 14.5 Å². The van der Waals surface area contributed by atoms with Crippen LogP contribution in [0.2, 0.25) is 0 Å². The second-order valence-electron chi connectivity index (χ2n) is 4.74. The van der Waals surface area contributed by atoms with E-state index >= 15 is 0 Å². The second-order valence-corrected chi connectivity index (χ2v) is 4.74. The van der Waals surface area contributed by atoms with E-state index < -0.39 is 22.5 Å². The summed E-state index contributed by atoms with van der Waals surface area (Å²) in [5.74, 6) is -0.967. The van der Waals surface area contributed by atoms with E-state index in [0.29, 0.717) is 5.56 Å². The molecule has 2 atom stereocenters. The molecule has 1 aromatic heterocycles. The number of fused-ring (bicyclic) bond motifs is 1. The van der Waals surface area contributed by atoms with Gasteiger partial charge >= 0.3 is 12.0 Å². The lowest BCUT2D eigenvalue weighted by atomic mass is 9.85. The molecule has 0 radical (unpaired) electrons. The normalized spacial score (nSPS) is 15.6. The smallest absolute Gasteiger partial charge is 0.383 e. The fourth-order valence-electron chi connectivity index (χ4n) is 2.33. The van der Waals surface area contributed by atoms with Crippen LogP contribution >= 0.6 is 0 Å². The van der Waals surface area contributed by atoms with Crippen molar-refractivity contribution in [3.05, 3.63) is 46.1 Å². The molecule has 0 saturated carbocycles. The fourth-order valence-corrected chi connectivity index (χ4v) is 2.33. The summed E-state index contributed by atoms with van der Waals surface area (Å²) < 4.78 is 4.50. The van der Waals surface area contributed by atoms with Crippen molar-refractivity contribution >= 4 is 16.9 Å². The Morgan fingerprint density at radius 2 is 2.15 bits per heavy atom. The summed E-state index contributed by atoms with van der Waals surface area (Å²) in [6.07, 6.45) is 1.59. The number of carbonyl (C=O) groups excluding carboxylic acids is 1. The van der Waals surface area contributed by atoms with Crippen LogP contribution in [0, 0.1) is 10.1 Å². The maximum atomic E-state index is 11.7. The SMILES string of the molecule is COC(=O)C([N+](=O)[O-])C(C)(N)c1c[nH]c2ccccc12. The number of esters is 1. The number of hydrogen-bond donors (Lipinski definition) is 2. The molecule has 0 bridgehead atoms. The topological polar surface area (TPSA) is 111 Å². The Balaban J connectivity index is 2.57. The number of nitrogens with zero attached hydrogens (tertiary/aromatic N) is 1. The molecular weight excluding hydrogens is 262 g/mol. The summed E-state index contributed by atoms with van der Waals surface area (Å²) in [7, 11) is 1.10. The van der Waals surface area contributed by atoms with Gasteiger partial charge in [0.25, 0.3) is 0 Å². The van der Waals surface area contributed by atoms with E-state index in [4.69, 9.17) is 5.73 Å². The quantitative estimate of drug-likeness (QED) is 0.495. The number of hydrogen-bond acceptors (Lipinski definition) is 5. The predicted molar refractivity (Wildman–Crippen MR) is 72.6 cm³/mol. The lowest BCUT2D eigenvalue weighted by Crippen LogP contribution is -2.53. The lowest BCUT2D eigenvalue weighted by Gasteiger charge is -2.25. The number of methoxy groups -OCH3 is 1. The minimum Gasteiger partial charge on any atom is -0.464 e. The number of nitro groups is 1. The number of nitrogens with one attached hydrogen (secondary N) is 1. The number of benzene rings is 1. The zero-order chi connectivity index (χ0) is 14.9. The van der Waals surface area contributed by atoms with Crippen LogP contribution < -0.4 is 5.73 Å². The highest BCUT2D eigenvalue weighted by molar-refractivity contribution is 5.86. The Hall–Kier alpha value is -2.41. The molecule has 106 valence electrons. The molecule has 2 aromatic rings. The van der Waals surface area contributed by atoms with Gasteiger partial charge in [0, 0.05) is 27.6 Å². The highest BCUT2D eigenvalue weighted by Crippen LogP contribution is 2.30. The number of H-pyrrole nitrogens is 1. The number of para-hydroxylation sites is 1. The number of carbonyl (C=O) groups is 1. The molecule has 0 amide bonds. The number of ether oxygens (including phenoxy) is 1. The van der Waals surface area contributed by atoms with Crippen LogP contribution in [0.15, 0.2) is 30.5 Å². The van der Waals surface area contributed by atoms with Gasteiger partial charge in [-0.1, -0.05) is 18.2 Å². The zero-order valence-electron chi connectivity index (χ0n) is 11.1. The Morgan fingerprint density at radius 3 is 2.75 bits per heavy atom. The van der Waals surface area contributed by atoms with Crippen LogP contribution in [-0.4, -0.2) is 29.0 Å². The molecular formula is C13H15N3O4. The van der Waals surface area contributed by atoms with Crippen molar-refractivity contribution in [1.29, 1.82) is 0 Å². The summed E-state index contributed by atoms with van der Waals surface area (Å²) in [5, 5.41) is 11.9. The summed E-state index contributed by atoms with van der Waals surface area (Å²) in [5.41, 5.74) is 5.92. The van der Waals surface area contributed by atoms with Crippen LogP contribution in [-0.2, 0) is 15.1 Å². The fraction of sp³-hybridized carbons (Fsp3) is 0.308. The molecule has 2 rings (SSSR count). The Kier molecular flexibility index (Phi) is 3.46. The molecule has 0 aliphatic heterocycles. The van der Waals surface area contributed by atoms with E-state index in [9.17, 15) is 14.9 Å². The molecule has 2 unspecified atom stereocenters. The Bertz CT molecular complexity index is 662. The highest BCUT2D eigenvalue weighted by Gasteiger charge is 2.49. The van der Waals surface area contributed by atoms with E-state index in [1.54, 1.807) is 18.3 Å². The minimum absolute atomic E-state index is 0.500.